The lowest BCUT2D eigenvalue weighted by molar-refractivity contribution is 0.468. The third-order valence-electron chi connectivity index (χ3n) is 3.36. The van der Waals surface area contributed by atoms with E-state index in [9.17, 15) is 0 Å². The van der Waals surface area contributed by atoms with Crippen molar-refractivity contribution < 1.29 is 4.74 Å². The van der Waals surface area contributed by atoms with Crippen LogP contribution in [-0.2, 0) is 0 Å². The van der Waals surface area contributed by atoms with E-state index >= 15 is 0 Å². The molecule has 0 fully saturated rings. The van der Waals surface area contributed by atoms with Crippen molar-refractivity contribution in [2.75, 3.05) is 12.8 Å². The van der Waals surface area contributed by atoms with Crippen molar-refractivity contribution in [3.63, 3.8) is 0 Å². The highest BCUT2D eigenvalue weighted by atomic mass is 32.2. The SMILES string of the molecule is CCCNC(C)c1cccc(Oc2ccccc2SC)c1. The maximum Gasteiger partial charge on any atom is 0.140 e. The van der Waals surface area contributed by atoms with Crippen molar-refractivity contribution in [2.45, 2.75) is 31.2 Å². The second-order valence-corrected chi connectivity index (χ2v) is 5.85. The van der Waals surface area contributed by atoms with Gasteiger partial charge in [-0.05, 0) is 56.0 Å². The molecule has 112 valence electrons. The first-order valence-electron chi connectivity index (χ1n) is 7.38. The molecule has 0 bridgehead atoms. The molecule has 0 spiro atoms. The van der Waals surface area contributed by atoms with Gasteiger partial charge < -0.3 is 10.1 Å². The Morgan fingerprint density at radius 1 is 1.14 bits per heavy atom. The number of para-hydroxylation sites is 1. The fraction of sp³-hybridized carbons (Fsp3) is 0.333. The van der Waals surface area contributed by atoms with Gasteiger partial charge in [-0.3, -0.25) is 0 Å². The Hall–Kier alpha value is -1.45. The maximum absolute atomic E-state index is 6.05. The minimum atomic E-state index is 0.337. The van der Waals surface area contributed by atoms with Gasteiger partial charge in [-0.1, -0.05) is 31.2 Å². The topological polar surface area (TPSA) is 21.3 Å². The summed E-state index contributed by atoms with van der Waals surface area (Å²) in [5.74, 6) is 1.80. The highest BCUT2D eigenvalue weighted by molar-refractivity contribution is 7.98. The van der Waals surface area contributed by atoms with Crippen LogP contribution in [0.4, 0.5) is 0 Å². The van der Waals surface area contributed by atoms with Gasteiger partial charge in [0, 0.05) is 10.9 Å². The van der Waals surface area contributed by atoms with E-state index in [-0.39, 0.29) is 0 Å². The van der Waals surface area contributed by atoms with Gasteiger partial charge in [-0.2, -0.15) is 0 Å². The lowest BCUT2D eigenvalue weighted by Crippen LogP contribution is -2.19. The average Bonchev–Trinajstić information content (AvgIpc) is 2.53. The molecule has 0 heterocycles. The molecule has 0 aliphatic heterocycles. The lowest BCUT2D eigenvalue weighted by Gasteiger charge is -2.15. The van der Waals surface area contributed by atoms with Crippen LogP contribution in [-0.4, -0.2) is 12.8 Å². The van der Waals surface area contributed by atoms with E-state index in [0.29, 0.717) is 6.04 Å². The molecule has 1 unspecified atom stereocenters. The van der Waals surface area contributed by atoms with Crippen LogP contribution in [0.25, 0.3) is 0 Å². The van der Waals surface area contributed by atoms with E-state index in [2.05, 4.69) is 49.7 Å². The quantitative estimate of drug-likeness (QED) is 0.705. The highest BCUT2D eigenvalue weighted by Gasteiger charge is 2.07. The number of benzene rings is 2. The predicted molar refractivity (Wildman–Crippen MR) is 91.4 cm³/mol. The van der Waals surface area contributed by atoms with Crippen LogP contribution >= 0.6 is 11.8 Å². The first-order chi connectivity index (χ1) is 10.2. The van der Waals surface area contributed by atoms with Gasteiger partial charge in [0.05, 0.1) is 0 Å². The van der Waals surface area contributed by atoms with Crippen molar-refractivity contribution >= 4 is 11.8 Å². The van der Waals surface area contributed by atoms with Gasteiger partial charge in [0.15, 0.2) is 0 Å². The van der Waals surface area contributed by atoms with Crippen LogP contribution in [0, 0.1) is 0 Å². The molecule has 21 heavy (non-hydrogen) atoms. The molecular weight excluding hydrogens is 278 g/mol. The zero-order valence-electron chi connectivity index (χ0n) is 12.9. The predicted octanol–water partition coefficient (Wildman–Crippen LogP) is 5.26. The smallest absolute Gasteiger partial charge is 0.140 e. The fourth-order valence-corrected chi connectivity index (χ4v) is 2.68. The molecule has 3 heteroatoms. The molecular formula is C18H23NOS. The molecule has 0 aliphatic carbocycles. The largest absolute Gasteiger partial charge is 0.456 e. The van der Waals surface area contributed by atoms with E-state index in [1.54, 1.807) is 11.8 Å². The van der Waals surface area contributed by atoms with Crippen molar-refractivity contribution in [1.82, 2.24) is 5.32 Å². The number of nitrogens with one attached hydrogen (secondary N) is 1. The Morgan fingerprint density at radius 2 is 1.95 bits per heavy atom. The Balaban J connectivity index is 2.14. The molecule has 0 aliphatic rings. The van der Waals surface area contributed by atoms with Crippen molar-refractivity contribution in [3.05, 3.63) is 54.1 Å². The summed E-state index contributed by atoms with van der Waals surface area (Å²) in [6.45, 7) is 5.39. The van der Waals surface area contributed by atoms with E-state index < -0.39 is 0 Å². The lowest BCUT2D eigenvalue weighted by atomic mass is 10.1. The van der Waals surface area contributed by atoms with E-state index in [1.165, 1.54) is 5.56 Å². The first-order valence-corrected chi connectivity index (χ1v) is 8.61. The summed E-state index contributed by atoms with van der Waals surface area (Å²) in [4.78, 5) is 1.15. The van der Waals surface area contributed by atoms with E-state index in [4.69, 9.17) is 4.74 Å². The molecule has 0 radical (unpaired) electrons. The molecule has 2 nitrogen and oxygen atoms in total. The molecule has 2 aromatic rings. The molecule has 1 atom stereocenters. The van der Waals surface area contributed by atoms with Crippen LogP contribution in [0.3, 0.4) is 0 Å². The van der Waals surface area contributed by atoms with Crippen LogP contribution in [0.1, 0.15) is 31.9 Å². The van der Waals surface area contributed by atoms with Crippen molar-refractivity contribution in [1.29, 1.82) is 0 Å². The molecule has 1 N–H and O–H groups in total. The summed E-state index contributed by atoms with van der Waals surface area (Å²) in [6, 6.07) is 16.8. The van der Waals surface area contributed by atoms with Crippen LogP contribution in [0.5, 0.6) is 11.5 Å². The fourth-order valence-electron chi connectivity index (χ4n) is 2.16. The van der Waals surface area contributed by atoms with Crippen LogP contribution in [0.2, 0.25) is 0 Å². The van der Waals surface area contributed by atoms with Crippen molar-refractivity contribution in [2.24, 2.45) is 0 Å². The Kier molecular flexibility index (Phi) is 6.15. The van der Waals surface area contributed by atoms with E-state index in [1.807, 2.05) is 24.3 Å². The number of thioether (sulfide) groups is 1. The third-order valence-corrected chi connectivity index (χ3v) is 4.13. The summed E-state index contributed by atoms with van der Waals surface area (Å²) in [5, 5.41) is 3.50. The Bertz CT molecular complexity index is 571. The Labute approximate surface area is 131 Å². The van der Waals surface area contributed by atoms with Crippen LogP contribution < -0.4 is 10.1 Å². The number of rotatable bonds is 7. The van der Waals surface area contributed by atoms with Gasteiger partial charge >= 0.3 is 0 Å². The zero-order chi connectivity index (χ0) is 15.1. The normalized spacial score (nSPS) is 12.1. The molecule has 0 amide bonds. The van der Waals surface area contributed by atoms with E-state index in [0.717, 1.165) is 29.4 Å². The number of ether oxygens (including phenoxy) is 1. The standard InChI is InChI=1S/C18H23NOS/c1-4-12-19-14(2)15-8-7-9-16(13-15)20-17-10-5-6-11-18(17)21-3/h5-11,13-14,19H,4,12H2,1-3H3. The summed E-state index contributed by atoms with van der Waals surface area (Å²) in [7, 11) is 0. The third kappa shape index (κ3) is 4.51. The molecule has 0 aromatic heterocycles. The highest BCUT2D eigenvalue weighted by Crippen LogP contribution is 2.32. The zero-order valence-corrected chi connectivity index (χ0v) is 13.7. The average molecular weight is 301 g/mol. The molecule has 0 saturated heterocycles. The summed E-state index contributed by atoms with van der Waals surface area (Å²) in [5.41, 5.74) is 1.25. The number of hydrogen-bond acceptors (Lipinski definition) is 3. The van der Waals surface area contributed by atoms with Gasteiger partial charge in [-0.25, -0.2) is 0 Å². The van der Waals surface area contributed by atoms with Crippen LogP contribution in [0.15, 0.2) is 53.4 Å². The van der Waals surface area contributed by atoms with Gasteiger partial charge in [0.2, 0.25) is 0 Å². The monoisotopic (exact) mass is 301 g/mol. The minimum absolute atomic E-state index is 0.337. The summed E-state index contributed by atoms with van der Waals surface area (Å²) >= 11 is 1.70. The van der Waals surface area contributed by atoms with Gasteiger partial charge in [0.1, 0.15) is 11.5 Å². The van der Waals surface area contributed by atoms with Crippen molar-refractivity contribution in [3.8, 4) is 11.5 Å². The second kappa shape index (κ2) is 8.11. The first kappa shape index (κ1) is 15.9. The molecule has 0 saturated carbocycles. The summed E-state index contributed by atoms with van der Waals surface area (Å²) < 4.78 is 6.05. The molecule has 2 aromatic carbocycles. The summed E-state index contributed by atoms with van der Waals surface area (Å²) in [6.07, 6.45) is 3.21. The van der Waals surface area contributed by atoms with Gasteiger partial charge in [-0.15, -0.1) is 11.8 Å². The number of hydrogen-bond donors (Lipinski definition) is 1. The second-order valence-electron chi connectivity index (χ2n) is 5.00. The minimum Gasteiger partial charge on any atom is -0.456 e. The maximum atomic E-state index is 6.05. The molecule has 2 rings (SSSR count). The van der Waals surface area contributed by atoms with Gasteiger partial charge in [0.25, 0.3) is 0 Å². The Morgan fingerprint density at radius 3 is 2.71 bits per heavy atom.